The zero-order valence-electron chi connectivity index (χ0n) is 16.3. The van der Waals surface area contributed by atoms with Crippen molar-refractivity contribution in [2.24, 2.45) is 0 Å². The van der Waals surface area contributed by atoms with Crippen molar-refractivity contribution in [3.63, 3.8) is 0 Å². The van der Waals surface area contributed by atoms with Crippen molar-refractivity contribution in [3.8, 4) is 0 Å². The van der Waals surface area contributed by atoms with E-state index in [1.165, 1.54) is 19.3 Å². The van der Waals surface area contributed by atoms with Crippen LogP contribution in [-0.4, -0.2) is 39.3 Å². The summed E-state index contributed by atoms with van der Waals surface area (Å²) in [4.78, 5) is 28.6. The minimum atomic E-state index is -0.713. The summed E-state index contributed by atoms with van der Waals surface area (Å²) in [5.74, 6) is 0.631. The molecule has 1 N–H and O–H groups in total. The molecule has 0 bridgehead atoms. The fraction of sp³-hybridized carbons (Fsp3) is 0.636. The number of amides is 2. The number of halogens is 1. The first-order valence-electron chi connectivity index (χ1n) is 10.6. The number of thioether (sulfide) groups is 1. The molecule has 1 aliphatic heterocycles. The molecule has 1 aromatic carbocycles. The molecule has 2 atom stereocenters. The molecule has 6 heteroatoms. The van der Waals surface area contributed by atoms with Crippen LogP contribution < -0.4 is 5.32 Å². The van der Waals surface area contributed by atoms with Crippen LogP contribution in [0.3, 0.4) is 0 Å². The van der Waals surface area contributed by atoms with Crippen molar-refractivity contribution in [1.29, 1.82) is 0 Å². The van der Waals surface area contributed by atoms with Crippen molar-refractivity contribution in [1.82, 2.24) is 10.2 Å². The molecule has 28 heavy (non-hydrogen) atoms. The highest BCUT2D eigenvalue weighted by atomic mass is 35.5. The number of nitrogens with zero attached hydrogens (tertiary/aromatic N) is 1. The van der Waals surface area contributed by atoms with E-state index < -0.39 is 5.54 Å². The Morgan fingerprint density at radius 2 is 1.82 bits per heavy atom. The lowest BCUT2D eigenvalue weighted by Gasteiger charge is -2.53. The monoisotopic (exact) mass is 420 g/mol. The third kappa shape index (κ3) is 3.93. The van der Waals surface area contributed by atoms with E-state index in [9.17, 15) is 9.59 Å². The van der Waals surface area contributed by atoms with Crippen LogP contribution >= 0.6 is 23.4 Å². The van der Waals surface area contributed by atoms with Crippen molar-refractivity contribution in [3.05, 3.63) is 34.9 Å². The maximum atomic E-state index is 13.7. The normalized spacial score (nSPS) is 28.7. The zero-order chi connectivity index (χ0) is 19.6. The fourth-order valence-corrected chi connectivity index (χ4v) is 6.65. The number of hydrogen-bond acceptors (Lipinski definition) is 3. The van der Waals surface area contributed by atoms with Crippen LogP contribution in [0.2, 0.25) is 5.02 Å². The van der Waals surface area contributed by atoms with E-state index in [2.05, 4.69) is 5.32 Å². The highest BCUT2D eigenvalue weighted by Gasteiger charge is 2.56. The van der Waals surface area contributed by atoms with Crippen LogP contribution in [-0.2, 0) is 16.1 Å². The van der Waals surface area contributed by atoms with E-state index >= 15 is 0 Å². The first-order chi connectivity index (χ1) is 13.6. The molecule has 2 saturated carbocycles. The lowest BCUT2D eigenvalue weighted by atomic mass is 9.77. The summed E-state index contributed by atoms with van der Waals surface area (Å²) in [5.41, 5.74) is 0.314. The first kappa shape index (κ1) is 20.1. The average molecular weight is 421 g/mol. The lowest BCUT2D eigenvalue weighted by molar-refractivity contribution is -0.150. The number of carbonyl (C=O) groups is 2. The molecule has 4 nitrogen and oxygen atoms in total. The zero-order valence-corrected chi connectivity index (χ0v) is 17.9. The van der Waals surface area contributed by atoms with Crippen molar-refractivity contribution < 1.29 is 9.59 Å². The van der Waals surface area contributed by atoms with E-state index in [0.717, 1.165) is 44.1 Å². The van der Waals surface area contributed by atoms with Crippen LogP contribution in [0.1, 0.15) is 63.4 Å². The quantitative estimate of drug-likeness (QED) is 0.777. The van der Waals surface area contributed by atoms with Gasteiger partial charge in [-0.15, -0.1) is 11.8 Å². The van der Waals surface area contributed by atoms with Gasteiger partial charge in [0.2, 0.25) is 11.8 Å². The van der Waals surface area contributed by atoms with Crippen molar-refractivity contribution in [2.75, 3.05) is 5.75 Å². The number of carbonyl (C=O) groups excluding carboxylic acids is 2. The van der Waals surface area contributed by atoms with Crippen molar-refractivity contribution in [2.45, 2.75) is 81.2 Å². The van der Waals surface area contributed by atoms with Gasteiger partial charge in [-0.3, -0.25) is 9.59 Å². The maximum Gasteiger partial charge on any atom is 0.247 e. The van der Waals surface area contributed by atoms with Gasteiger partial charge in [0.25, 0.3) is 0 Å². The topological polar surface area (TPSA) is 49.4 Å². The first-order valence-corrected chi connectivity index (χ1v) is 12.0. The van der Waals surface area contributed by atoms with Crippen LogP contribution in [0, 0.1) is 0 Å². The third-order valence-electron chi connectivity index (χ3n) is 6.59. The molecule has 2 aliphatic carbocycles. The second-order valence-electron chi connectivity index (χ2n) is 8.38. The minimum Gasteiger partial charge on any atom is -0.351 e. The van der Waals surface area contributed by atoms with Gasteiger partial charge >= 0.3 is 0 Å². The molecule has 1 heterocycles. The van der Waals surface area contributed by atoms with E-state index in [-0.39, 0.29) is 23.1 Å². The number of hydrogen-bond donors (Lipinski definition) is 1. The molecule has 3 fully saturated rings. The van der Waals surface area contributed by atoms with E-state index in [0.29, 0.717) is 17.3 Å². The number of fused-ring (bicyclic) bond motifs is 1. The standard InChI is InChI=1S/C22H29ClN2O2S/c23-17-11-9-16(10-12-17)14-25-20(26)15-28-19-8-4-5-13-22(19,25)21(27)24-18-6-2-1-3-7-18/h9-12,18-19H,1-8,13-15H2,(H,24,27). The van der Waals surface area contributed by atoms with Gasteiger partial charge in [-0.2, -0.15) is 0 Å². The minimum absolute atomic E-state index is 0.0805. The Kier molecular flexibility index (Phi) is 6.21. The Morgan fingerprint density at radius 1 is 1.11 bits per heavy atom. The van der Waals surface area contributed by atoms with E-state index in [4.69, 9.17) is 11.6 Å². The van der Waals surface area contributed by atoms with Crippen LogP contribution in [0.25, 0.3) is 0 Å². The summed E-state index contributed by atoms with van der Waals surface area (Å²) in [6, 6.07) is 7.89. The molecule has 1 saturated heterocycles. The largest absolute Gasteiger partial charge is 0.351 e. The summed E-state index contributed by atoms with van der Waals surface area (Å²) in [6.45, 7) is 0.477. The Hall–Kier alpha value is -1.20. The summed E-state index contributed by atoms with van der Waals surface area (Å²) in [6.07, 6.45) is 9.66. The Morgan fingerprint density at radius 3 is 2.57 bits per heavy atom. The second kappa shape index (κ2) is 8.66. The summed E-state index contributed by atoms with van der Waals surface area (Å²) in [7, 11) is 0. The number of nitrogens with one attached hydrogen (secondary N) is 1. The summed E-state index contributed by atoms with van der Waals surface area (Å²) >= 11 is 7.72. The molecular weight excluding hydrogens is 392 g/mol. The molecule has 152 valence electrons. The van der Waals surface area contributed by atoms with Gasteiger partial charge in [0.15, 0.2) is 0 Å². The lowest BCUT2D eigenvalue weighted by Crippen LogP contribution is -2.70. The molecule has 0 aromatic heterocycles. The van der Waals surface area contributed by atoms with Crippen molar-refractivity contribution >= 4 is 35.2 Å². The van der Waals surface area contributed by atoms with Gasteiger partial charge in [-0.05, 0) is 43.4 Å². The molecule has 0 spiro atoms. The Labute approximate surface area is 176 Å². The maximum absolute atomic E-state index is 13.7. The van der Waals surface area contributed by atoms with Gasteiger partial charge < -0.3 is 10.2 Å². The van der Waals surface area contributed by atoms with Gasteiger partial charge in [0.1, 0.15) is 5.54 Å². The SMILES string of the molecule is O=C1CSC2CCCCC2(C(=O)NC2CCCCC2)N1Cc1ccc(Cl)cc1. The molecule has 4 rings (SSSR count). The third-order valence-corrected chi connectivity index (χ3v) is 8.28. The van der Waals surface area contributed by atoms with Crippen LogP contribution in [0.15, 0.2) is 24.3 Å². The van der Waals surface area contributed by atoms with E-state index in [1.807, 2.05) is 29.2 Å². The number of benzene rings is 1. The second-order valence-corrected chi connectivity index (χ2v) is 10.0. The molecule has 2 unspecified atom stereocenters. The van der Waals surface area contributed by atoms with Gasteiger partial charge in [-0.1, -0.05) is 55.8 Å². The van der Waals surface area contributed by atoms with Crippen LogP contribution in [0.4, 0.5) is 0 Å². The fourth-order valence-electron chi connectivity index (χ4n) is 5.07. The molecular formula is C22H29ClN2O2S. The number of rotatable bonds is 4. The van der Waals surface area contributed by atoms with Gasteiger partial charge in [0.05, 0.1) is 5.75 Å². The van der Waals surface area contributed by atoms with Gasteiger partial charge in [-0.25, -0.2) is 0 Å². The Bertz CT molecular complexity index is 720. The predicted octanol–water partition coefficient (Wildman–Crippen LogP) is 4.55. The molecule has 3 aliphatic rings. The van der Waals surface area contributed by atoms with E-state index in [1.54, 1.807) is 11.8 Å². The molecule has 0 radical (unpaired) electrons. The average Bonchev–Trinajstić information content (AvgIpc) is 2.72. The van der Waals surface area contributed by atoms with Gasteiger partial charge in [0, 0.05) is 22.9 Å². The molecule has 2 amide bonds. The predicted molar refractivity (Wildman–Crippen MR) is 114 cm³/mol. The van der Waals surface area contributed by atoms with Crippen LogP contribution in [0.5, 0.6) is 0 Å². The highest BCUT2D eigenvalue weighted by molar-refractivity contribution is 8.00. The summed E-state index contributed by atoms with van der Waals surface area (Å²) < 4.78 is 0. The Balaban J connectivity index is 1.62. The highest BCUT2D eigenvalue weighted by Crippen LogP contribution is 2.45. The smallest absolute Gasteiger partial charge is 0.247 e. The summed E-state index contributed by atoms with van der Waals surface area (Å²) in [5, 5.41) is 4.23. The molecule has 1 aromatic rings.